The van der Waals surface area contributed by atoms with Gasteiger partial charge in [-0.2, -0.15) is 0 Å². The highest BCUT2D eigenvalue weighted by Gasteiger charge is 2.35. The number of anilines is 1. The van der Waals surface area contributed by atoms with E-state index in [4.69, 9.17) is 0 Å². The third-order valence-corrected chi connectivity index (χ3v) is 2.44. The molecule has 0 atom stereocenters. The second kappa shape index (κ2) is 3.73. The summed E-state index contributed by atoms with van der Waals surface area (Å²) in [6, 6.07) is 9.00. The maximum Gasteiger partial charge on any atom is 0.331 e. The molecule has 4 nitrogen and oxygen atoms in total. The van der Waals surface area contributed by atoms with Gasteiger partial charge in [0, 0.05) is 12.2 Å². The van der Waals surface area contributed by atoms with E-state index in [-0.39, 0.29) is 18.5 Å². The Balaban J connectivity index is 2.27. The van der Waals surface area contributed by atoms with Crippen molar-refractivity contribution in [3.63, 3.8) is 0 Å². The van der Waals surface area contributed by atoms with E-state index in [1.54, 1.807) is 6.92 Å². The smallest absolute Gasteiger partial charge is 0.285 e. The number of benzene rings is 1. The zero-order chi connectivity index (χ0) is 10.8. The van der Waals surface area contributed by atoms with Crippen LogP contribution in [0.4, 0.5) is 10.5 Å². The number of hydrogen-bond acceptors (Lipinski definition) is 2. The minimum Gasteiger partial charge on any atom is -0.285 e. The molecule has 0 N–H and O–H groups in total. The normalized spacial score (nSPS) is 16.3. The van der Waals surface area contributed by atoms with Gasteiger partial charge in [-0.3, -0.25) is 14.6 Å². The fourth-order valence-corrected chi connectivity index (χ4v) is 1.66. The third kappa shape index (κ3) is 1.58. The number of nitrogens with zero attached hydrogens (tertiary/aromatic N) is 2. The zero-order valence-electron chi connectivity index (χ0n) is 8.51. The predicted octanol–water partition coefficient (Wildman–Crippen LogP) is 1.48. The monoisotopic (exact) mass is 204 g/mol. The van der Waals surface area contributed by atoms with Crippen molar-refractivity contribution >= 4 is 17.6 Å². The Morgan fingerprint density at radius 1 is 1.20 bits per heavy atom. The van der Waals surface area contributed by atoms with Crippen molar-refractivity contribution in [3.8, 4) is 0 Å². The second-order valence-electron chi connectivity index (χ2n) is 3.34. The van der Waals surface area contributed by atoms with Crippen LogP contribution < -0.4 is 4.90 Å². The number of hydrogen-bond donors (Lipinski definition) is 0. The molecular weight excluding hydrogens is 192 g/mol. The highest BCUT2D eigenvalue weighted by molar-refractivity contribution is 6.12. The lowest BCUT2D eigenvalue weighted by molar-refractivity contribution is -0.124. The molecular formula is C11H12N2O2. The van der Waals surface area contributed by atoms with Crippen LogP contribution in [0.5, 0.6) is 0 Å². The first-order valence-electron chi connectivity index (χ1n) is 4.91. The molecule has 1 aliphatic rings. The average Bonchev–Trinajstić information content (AvgIpc) is 2.55. The molecule has 1 aromatic carbocycles. The quantitative estimate of drug-likeness (QED) is 0.684. The molecule has 0 spiro atoms. The summed E-state index contributed by atoms with van der Waals surface area (Å²) in [4.78, 5) is 26.0. The molecule has 0 aromatic heterocycles. The molecule has 1 heterocycles. The van der Waals surface area contributed by atoms with E-state index in [0.717, 1.165) is 5.69 Å². The molecule has 1 fully saturated rings. The SMILES string of the molecule is CCN1C(=O)CN(c2ccccc2)C1=O. The van der Waals surface area contributed by atoms with Crippen LogP contribution in [0.25, 0.3) is 0 Å². The van der Waals surface area contributed by atoms with Crippen molar-refractivity contribution in [3.05, 3.63) is 30.3 Å². The first kappa shape index (κ1) is 9.71. The van der Waals surface area contributed by atoms with Gasteiger partial charge in [-0.15, -0.1) is 0 Å². The summed E-state index contributed by atoms with van der Waals surface area (Å²) in [5.41, 5.74) is 0.770. The molecule has 0 saturated carbocycles. The summed E-state index contributed by atoms with van der Waals surface area (Å²) >= 11 is 0. The van der Waals surface area contributed by atoms with E-state index in [2.05, 4.69) is 0 Å². The summed E-state index contributed by atoms with van der Waals surface area (Å²) in [6.07, 6.45) is 0. The van der Waals surface area contributed by atoms with E-state index in [0.29, 0.717) is 6.54 Å². The lowest BCUT2D eigenvalue weighted by Crippen LogP contribution is -2.32. The Labute approximate surface area is 88.1 Å². The molecule has 78 valence electrons. The molecule has 0 aliphatic carbocycles. The Morgan fingerprint density at radius 2 is 1.87 bits per heavy atom. The Kier molecular flexibility index (Phi) is 2.41. The van der Waals surface area contributed by atoms with Crippen molar-refractivity contribution < 1.29 is 9.59 Å². The van der Waals surface area contributed by atoms with E-state index >= 15 is 0 Å². The number of imide groups is 1. The van der Waals surface area contributed by atoms with Gasteiger partial charge in [0.2, 0.25) is 0 Å². The number of carbonyl (C=O) groups is 2. The van der Waals surface area contributed by atoms with Gasteiger partial charge >= 0.3 is 6.03 Å². The minimum absolute atomic E-state index is 0.133. The standard InChI is InChI=1S/C11H12N2O2/c1-2-12-10(14)8-13(11(12)15)9-6-4-3-5-7-9/h3-7H,2,8H2,1H3. The molecule has 0 unspecified atom stereocenters. The zero-order valence-corrected chi connectivity index (χ0v) is 8.51. The largest absolute Gasteiger partial charge is 0.331 e. The lowest BCUT2D eigenvalue weighted by atomic mass is 10.3. The highest BCUT2D eigenvalue weighted by Crippen LogP contribution is 2.19. The fraction of sp³-hybridized carbons (Fsp3) is 0.273. The molecule has 15 heavy (non-hydrogen) atoms. The summed E-state index contributed by atoms with van der Waals surface area (Å²) in [5, 5.41) is 0. The van der Waals surface area contributed by atoms with Gasteiger partial charge in [0.05, 0.1) is 0 Å². The maximum atomic E-state index is 11.8. The van der Waals surface area contributed by atoms with Crippen molar-refractivity contribution in [2.75, 3.05) is 18.0 Å². The summed E-state index contributed by atoms with van der Waals surface area (Å²) in [6.45, 7) is 2.38. The van der Waals surface area contributed by atoms with Crippen LogP contribution in [0.1, 0.15) is 6.92 Å². The van der Waals surface area contributed by atoms with Gasteiger partial charge in [0.25, 0.3) is 5.91 Å². The van der Waals surface area contributed by atoms with Crippen LogP contribution in [-0.2, 0) is 4.79 Å². The third-order valence-electron chi connectivity index (χ3n) is 2.44. The van der Waals surface area contributed by atoms with Crippen molar-refractivity contribution in [2.45, 2.75) is 6.92 Å². The molecule has 1 saturated heterocycles. The topological polar surface area (TPSA) is 40.6 Å². The van der Waals surface area contributed by atoms with Crippen molar-refractivity contribution in [1.82, 2.24) is 4.90 Å². The minimum atomic E-state index is -0.228. The number of urea groups is 1. The Morgan fingerprint density at radius 3 is 2.40 bits per heavy atom. The number of para-hydroxylation sites is 1. The number of carbonyl (C=O) groups excluding carboxylic acids is 2. The first-order chi connectivity index (χ1) is 7.24. The lowest BCUT2D eigenvalue weighted by Gasteiger charge is -2.15. The number of amides is 3. The molecule has 1 aromatic rings. The van der Waals surface area contributed by atoms with Crippen LogP contribution >= 0.6 is 0 Å². The molecule has 0 bridgehead atoms. The van der Waals surface area contributed by atoms with Crippen molar-refractivity contribution in [2.24, 2.45) is 0 Å². The Bertz CT molecular complexity index is 389. The molecule has 1 aliphatic heterocycles. The van der Waals surface area contributed by atoms with Crippen molar-refractivity contribution in [1.29, 1.82) is 0 Å². The van der Waals surface area contributed by atoms with Gasteiger partial charge in [-0.25, -0.2) is 4.79 Å². The van der Waals surface area contributed by atoms with Gasteiger partial charge in [-0.1, -0.05) is 18.2 Å². The van der Waals surface area contributed by atoms with E-state index < -0.39 is 0 Å². The van der Waals surface area contributed by atoms with Gasteiger partial charge < -0.3 is 0 Å². The number of rotatable bonds is 2. The highest BCUT2D eigenvalue weighted by atomic mass is 16.2. The molecule has 3 amide bonds. The second-order valence-corrected chi connectivity index (χ2v) is 3.34. The average molecular weight is 204 g/mol. The van der Waals surface area contributed by atoms with E-state index in [1.807, 2.05) is 30.3 Å². The van der Waals surface area contributed by atoms with Crippen LogP contribution in [0.2, 0.25) is 0 Å². The number of likely N-dealkylation sites (N-methyl/N-ethyl adjacent to an activating group) is 1. The maximum absolute atomic E-state index is 11.8. The predicted molar refractivity (Wildman–Crippen MR) is 56.6 cm³/mol. The summed E-state index contributed by atoms with van der Waals surface area (Å²) < 4.78 is 0. The molecule has 2 rings (SSSR count). The fourth-order valence-electron chi connectivity index (χ4n) is 1.66. The summed E-state index contributed by atoms with van der Waals surface area (Å²) in [5.74, 6) is -0.133. The van der Waals surface area contributed by atoms with Crippen LogP contribution in [-0.4, -0.2) is 29.9 Å². The van der Waals surface area contributed by atoms with Crippen LogP contribution in [0, 0.1) is 0 Å². The Hall–Kier alpha value is -1.84. The van der Waals surface area contributed by atoms with E-state index in [9.17, 15) is 9.59 Å². The molecule has 0 radical (unpaired) electrons. The van der Waals surface area contributed by atoms with Gasteiger partial charge in [0.1, 0.15) is 6.54 Å². The summed E-state index contributed by atoms with van der Waals surface area (Å²) in [7, 11) is 0. The van der Waals surface area contributed by atoms with Crippen LogP contribution in [0.15, 0.2) is 30.3 Å². The van der Waals surface area contributed by atoms with E-state index in [1.165, 1.54) is 9.80 Å². The first-order valence-corrected chi connectivity index (χ1v) is 4.91. The molecule has 4 heteroatoms. The van der Waals surface area contributed by atoms with Crippen LogP contribution in [0.3, 0.4) is 0 Å². The van der Waals surface area contributed by atoms with Gasteiger partial charge in [-0.05, 0) is 19.1 Å². The van der Waals surface area contributed by atoms with Gasteiger partial charge in [0.15, 0.2) is 0 Å².